The van der Waals surface area contributed by atoms with Gasteiger partial charge in [0, 0.05) is 17.3 Å². The third-order valence-corrected chi connectivity index (χ3v) is 5.87. The minimum atomic E-state index is 0.0283. The second-order valence-electron chi connectivity index (χ2n) is 9.20. The minimum absolute atomic E-state index is 0.0283. The van der Waals surface area contributed by atoms with Gasteiger partial charge in [0.05, 0.1) is 5.69 Å². The first kappa shape index (κ1) is 20.1. The van der Waals surface area contributed by atoms with Gasteiger partial charge in [0.1, 0.15) is 0 Å². The Kier molecular flexibility index (Phi) is 5.07. The van der Waals surface area contributed by atoms with Gasteiger partial charge in [0.2, 0.25) is 0 Å². The van der Waals surface area contributed by atoms with Crippen LogP contribution in [-0.2, 0) is 5.41 Å². The van der Waals surface area contributed by atoms with Crippen molar-refractivity contribution >= 4 is 10.8 Å². The molecule has 0 spiro atoms. The summed E-state index contributed by atoms with van der Waals surface area (Å²) in [7, 11) is 0. The fourth-order valence-electron chi connectivity index (χ4n) is 4.18. The third-order valence-electron chi connectivity index (χ3n) is 5.87. The van der Waals surface area contributed by atoms with Gasteiger partial charge >= 0.3 is 0 Å². The molecule has 0 N–H and O–H groups in total. The van der Waals surface area contributed by atoms with Crippen molar-refractivity contribution in [1.82, 2.24) is 9.97 Å². The van der Waals surface area contributed by atoms with Crippen LogP contribution < -0.4 is 0 Å². The summed E-state index contributed by atoms with van der Waals surface area (Å²) in [6, 6.07) is 34.0. The van der Waals surface area contributed by atoms with Crippen LogP contribution in [0.2, 0.25) is 0 Å². The highest BCUT2D eigenvalue weighted by molar-refractivity contribution is 5.90. The Bertz CT molecular complexity index is 1380. The lowest BCUT2D eigenvalue weighted by atomic mass is 9.82. The standard InChI is InChI=1S/C30H26N2/c1-30(2,3)27-20-25(19-24-11-7-8-12-26(24)27)29-31-18-17-28(32-29)23-15-13-22(14-16-23)21-9-5-4-6-10-21/h4-20H,1-3H3. The van der Waals surface area contributed by atoms with E-state index in [2.05, 4.69) is 111 Å². The number of hydrogen-bond donors (Lipinski definition) is 0. The lowest BCUT2D eigenvalue weighted by molar-refractivity contribution is 0.596. The van der Waals surface area contributed by atoms with Crippen molar-refractivity contribution < 1.29 is 0 Å². The molecule has 156 valence electrons. The summed E-state index contributed by atoms with van der Waals surface area (Å²) < 4.78 is 0. The molecule has 0 unspecified atom stereocenters. The fraction of sp³-hybridized carbons (Fsp3) is 0.133. The molecule has 4 aromatic carbocycles. The summed E-state index contributed by atoms with van der Waals surface area (Å²) >= 11 is 0. The maximum absolute atomic E-state index is 4.93. The smallest absolute Gasteiger partial charge is 0.159 e. The first-order chi connectivity index (χ1) is 15.5. The molecular formula is C30H26N2. The van der Waals surface area contributed by atoms with Crippen molar-refractivity contribution in [2.45, 2.75) is 26.2 Å². The van der Waals surface area contributed by atoms with Gasteiger partial charge in [-0.15, -0.1) is 0 Å². The molecule has 0 aliphatic heterocycles. The first-order valence-corrected chi connectivity index (χ1v) is 11.0. The molecule has 0 aliphatic carbocycles. The molecule has 1 aromatic heterocycles. The maximum Gasteiger partial charge on any atom is 0.159 e. The number of aromatic nitrogens is 2. The number of fused-ring (bicyclic) bond motifs is 1. The van der Waals surface area contributed by atoms with Crippen LogP contribution in [0.15, 0.2) is 103 Å². The molecule has 0 saturated carbocycles. The van der Waals surface area contributed by atoms with Gasteiger partial charge in [0.25, 0.3) is 0 Å². The Balaban J connectivity index is 1.56. The van der Waals surface area contributed by atoms with Gasteiger partial charge in [-0.1, -0.05) is 99.6 Å². The van der Waals surface area contributed by atoms with Crippen LogP contribution in [0.4, 0.5) is 0 Å². The fourth-order valence-corrected chi connectivity index (χ4v) is 4.18. The highest BCUT2D eigenvalue weighted by Crippen LogP contribution is 2.34. The van der Waals surface area contributed by atoms with Crippen LogP contribution in [0.5, 0.6) is 0 Å². The van der Waals surface area contributed by atoms with E-state index < -0.39 is 0 Å². The van der Waals surface area contributed by atoms with Crippen LogP contribution in [0.1, 0.15) is 26.3 Å². The third kappa shape index (κ3) is 3.92. The molecule has 2 heteroatoms. The van der Waals surface area contributed by atoms with Gasteiger partial charge in [-0.3, -0.25) is 0 Å². The molecule has 0 amide bonds. The predicted molar refractivity (Wildman–Crippen MR) is 135 cm³/mol. The monoisotopic (exact) mass is 414 g/mol. The highest BCUT2D eigenvalue weighted by Gasteiger charge is 2.19. The van der Waals surface area contributed by atoms with Gasteiger partial charge in [-0.05, 0) is 51.1 Å². The Morgan fingerprint density at radius 2 is 1.25 bits per heavy atom. The zero-order chi connectivity index (χ0) is 22.1. The Morgan fingerprint density at radius 1 is 0.594 bits per heavy atom. The number of hydrogen-bond acceptors (Lipinski definition) is 2. The van der Waals surface area contributed by atoms with Gasteiger partial charge in [0.15, 0.2) is 5.82 Å². The molecule has 0 aliphatic rings. The summed E-state index contributed by atoms with van der Waals surface area (Å²) in [5, 5.41) is 2.51. The van der Waals surface area contributed by atoms with E-state index in [1.54, 1.807) is 0 Å². The zero-order valence-corrected chi connectivity index (χ0v) is 18.7. The van der Waals surface area contributed by atoms with Gasteiger partial charge in [-0.2, -0.15) is 0 Å². The molecular weight excluding hydrogens is 388 g/mol. The molecule has 32 heavy (non-hydrogen) atoms. The van der Waals surface area contributed by atoms with E-state index in [9.17, 15) is 0 Å². The lowest BCUT2D eigenvalue weighted by Crippen LogP contribution is -2.12. The largest absolute Gasteiger partial charge is 0.237 e. The molecule has 2 nitrogen and oxygen atoms in total. The summed E-state index contributed by atoms with van der Waals surface area (Å²) in [5.41, 5.74) is 6.83. The molecule has 5 aromatic rings. The second-order valence-corrected chi connectivity index (χ2v) is 9.20. The molecule has 0 fully saturated rings. The summed E-state index contributed by atoms with van der Waals surface area (Å²) in [6.07, 6.45) is 1.86. The van der Waals surface area contributed by atoms with E-state index in [1.807, 2.05) is 18.3 Å². The normalized spacial score (nSPS) is 11.6. The van der Waals surface area contributed by atoms with Crippen LogP contribution in [-0.4, -0.2) is 9.97 Å². The zero-order valence-electron chi connectivity index (χ0n) is 18.7. The number of nitrogens with zero attached hydrogens (tertiary/aromatic N) is 2. The summed E-state index contributed by atoms with van der Waals surface area (Å²) in [6.45, 7) is 6.76. The summed E-state index contributed by atoms with van der Waals surface area (Å²) in [4.78, 5) is 9.55. The molecule has 0 radical (unpaired) electrons. The van der Waals surface area contributed by atoms with E-state index in [4.69, 9.17) is 4.98 Å². The lowest BCUT2D eigenvalue weighted by Gasteiger charge is -2.22. The van der Waals surface area contributed by atoms with E-state index in [-0.39, 0.29) is 5.41 Å². The van der Waals surface area contributed by atoms with E-state index >= 15 is 0 Å². The highest BCUT2D eigenvalue weighted by atomic mass is 14.9. The van der Waals surface area contributed by atoms with Crippen molar-refractivity contribution in [3.63, 3.8) is 0 Å². The van der Waals surface area contributed by atoms with Gasteiger partial charge in [-0.25, -0.2) is 9.97 Å². The molecule has 1 heterocycles. The SMILES string of the molecule is CC(C)(C)c1cc(-c2nccc(-c3ccc(-c4ccccc4)cc3)n2)cc2ccccc12. The average molecular weight is 415 g/mol. The molecule has 5 rings (SSSR count). The van der Waals surface area contributed by atoms with Gasteiger partial charge < -0.3 is 0 Å². The van der Waals surface area contributed by atoms with Crippen molar-refractivity contribution in [2.75, 3.05) is 0 Å². The van der Waals surface area contributed by atoms with Crippen LogP contribution in [0.3, 0.4) is 0 Å². The van der Waals surface area contributed by atoms with Crippen molar-refractivity contribution in [1.29, 1.82) is 0 Å². The van der Waals surface area contributed by atoms with Crippen LogP contribution in [0.25, 0.3) is 44.5 Å². The maximum atomic E-state index is 4.93. The quantitative estimate of drug-likeness (QED) is 0.299. The molecule has 0 bridgehead atoms. The molecule has 0 atom stereocenters. The van der Waals surface area contributed by atoms with Crippen molar-refractivity contribution in [3.8, 4) is 33.8 Å². The summed E-state index contributed by atoms with van der Waals surface area (Å²) in [5.74, 6) is 0.755. The van der Waals surface area contributed by atoms with E-state index in [0.29, 0.717) is 0 Å². The Morgan fingerprint density at radius 3 is 2.00 bits per heavy atom. The topological polar surface area (TPSA) is 25.8 Å². The molecule has 0 saturated heterocycles. The van der Waals surface area contributed by atoms with Crippen LogP contribution >= 0.6 is 0 Å². The number of rotatable bonds is 3. The predicted octanol–water partition coefficient (Wildman–Crippen LogP) is 7.93. The Labute approximate surface area is 189 Å². The number of benzene rings is 4. The Hall–Kier alpha value is -3.78. The van der Waals surface area contributed by atoms with E-state index in [1.165, 1.54) is 27.5 Å². The van der Waals surface area contributed by atoms with Crippen molar-refractivity contribution in [2.24, 2.45) is 0 Å². The minimum Gasteiger partial charge on any atom is -0.237 e. The average Bonchev–Trinajstić information content (AvgIpc) is 2.83. The van der Waals surface area contributed by atoms with Crippen LogP contribution in [0, 0.1) is 0 Å². The first-order valence-electron chi connectivity index (χ1n) is 11.0. The second kappa shape index (κ2) is 8.05. The van der Waals surface area contributed by atoms with Crippen molar-refractivity contribution in [3.05, 3.63) is 109 Å². The van der Waals surface area contributed by atoms with E-state index in [0.717, 1.165) is 22.6 Å².